The number of hydrogen-bond donors (Lipinski definition) is 2. The Kier molecular flexibility index (Phi) is 3.73. The zero-order valence-corrected chi connectivity index (χ0v) is 11.7. The van der Waals surface area contributed by atoms with E-state index in [0.717, 1.165) is 0 Å². The molecule has 0 radical (unpaired) electrons. The van der Waals surface area contributed by atoms with Gasteiger partial charge in [-0.1, -0.05) is 0 Å². The maximum absolute atomic E-state index is 12.4. The smallest absolute Gasteiger partial charge is 0.504 e. The third kappa shape index (κ3) is 2.69. The molecule has 0 bridgehead atoms. The molecule has 0 aromatic heterocycles. The molecule has 120 valence electrons. The second kappa shape index (κ2) is 5.13. The summed E-state index contributed by atoms with van der Waals surface area (Å²) in [6.07, 6.45) is 0. The maximum atomic E-state index is 12.4. The quantitative estimate of drug-likeness (QED) is 0.507. The van der Waals surface area contributed by atoms with E-state index >= 15 is 0 Å². The van der Waals surface area contributed by atoms with Crippen LogP contribution in [-0.2, 0) is 10.1 Å². The molecule has 10 heteroatoms. The van der Waals surface area contributed by atoms with E-state index in [2.05, 4.69) is 4.18 Å². The van der Waals surface area contributed by atoms with Gasteiger partial charge in [0.2, 0.25) is 0 Å². The Bertz CT molecular complexity index is 829. The van der Waals surface area contributed by atoms with E-state index in [1.807, 2.05) is 0 Å². The first-order chi connectivity index (χ1) is 10.1. The summed E-state index contributed by atoms with van der Waals surface area (Å²) in [5.74, 6) is -2.03. The molecule has 6 nitrogen and oxygen atoms in total. The second-order valence-electron chi connectivity index (χ2n) is 4.14. The number of benzene rings is 2. The van der Waals surface area contributed by atoms with Gasteiger partial charge >= 0.3 is 15.6 Å². The highest BCUT2D eigenvalue weighted by atomic mass is 32.2. The van der Waals surface area contributed by atoms with Gasteiger partial charge < -0.3 is 19.1 Å². The Morgan fingerprint density at radius 2 is 1.73 bits per heavy atom. The minimum Gasteiger partial charge on any atom is -0.504 e. The van der Waals surface area contributed by atoms with Gasteiger partial charge in [-0.25, -0.2) is 0 Å². The van der Waals surface area contributed by atoms with Crippen LogP contribution in [0.1, 0.15) is 0 Å². The highest BCUT2D eigenvalue weighted by Crippen LogP contribution is 2.42. The molecule has 2 rings (SSSR count). The van der Waals surface area contributed by atoms with Crippen LogP contribution < -0.4 is 8.92 Å². The van der Waals surface area contributed by atoms with Gasteiger partial charge in [-0.05, 0) is 18.2 Å². The van der Waals surface area contributed by atoms with Crippen molar-refractivity contribution in [3.63, 3.8) is 0 Å². The number of phenolic OH excluding ortho intramolecular Hbond substituents is 2. The molecular formula is C12H9F3O6S. The summed E-state index contributed by atoms with van der Waals surface area (Å²) < 4.78 is 68.2. The molecule has 0 spiro atoms. The van der Waals surface area contributed by atoms with Crippen molar-refractivity contribution < 1.29 is 40.7 Å². The third-order valence-electron chi connectivity index (χ3n) is 2.74. The molecular weight excluding hydrogens is 329 g/mol. The largest absolute Gasteiger partial charge is 0.534 e. The summed E-state index contributed by atoms with van der Waals surface area (Å²) in [5.41, 5.74) is -5.63. The summed E-state index contributed by atoms with van der Waals surface area (Å²) in [4.78, 5) is 0. The number of aromatic hydroxyl groups is 2. The summed E-state index contributed by atoms with van der Waals surface area (Å²) >= 11 is 0. The fourth-order valence-electron chi connectivity index (χ4n) is 1.70. The highest BCUT2D eigenvalue weighted by molar-refractivity contribution is 7.88. The summed E-state index contributed by atoms with van der Waals surface area (Å²) in [6.45, 7) is 0. The van der Waals surface area contributed by atoms with Gasteiger partial charge in [0.15, 0.2) is 17.2 Å². The van der Waals surface area contributed by atoms with Crippen molar-refractivity contribution >= 4 is 20.9 Å². The molecule has 0 saturated heterocycles. The fraction of sp³-hybridized carbons (Fsp3) is 0.167. The number of methoxy groups -OCH3 is 1. The highest BCUT2D eigenvalue weighted by Gasteiger charge is 2.48. The lowest BCUT2D eigenvalue weighted by atomic mass is 10.1. The Morgan fingerprint density at radius 3 is 2.27 bits per heavy atom. The van der Waals surface area contributed by atoms with Gasteiger partial charge in [0.1, 0.15) is 5.75 Å². The van der Waals surface area contributed by atoms with Crippen LogP contribution in [0.5, 0.6) is 23.0 Å². The zero-order valence-electron chi connectivity index (χ0n) is 10.9. The standard InChI is InChI=1S/C12H9F3O6S/c1-20-6-2-3-7-8(4-6)11(17)9(16)5-10(7)21-22(18,19)12(13,14)15/h2-5,16-17H,1H3. The predicted molar refractivity (Wildman–Crippen MR) is 69.4 cm³/mol. The van der Waals surface area contributed by atoms with Gasteiger partial charge in [-0.2, -0.15) is 21.6 Å². The van der Waals surface area contributed by atoms with Crippen molar-refractivity contribution in [2.75, 3.05) is 7.11 Å². The summed E-state index contributed by atoms with van der Waals surface area (Å²) in [7, 11) is -4.60. The Labute approximate surface area is 122 Å². The Morgan fingerprint density at radius 1 is 1.09 bits per heavy atom. The van der Waals surface area contributed by atoms with E-state index in [1.54, 1.807) is 0 Å². The van der Waals surface area contributed by atoms with E-state index in [4.69, 9.17) is 4.74 Å². The van der Waals surface area contributed by atoms with Gasteiger partial charge in [-0.3, -0.25) is 0 Å². The van der Waals surface area contributed by atoms with Gasteiger partial charge in [0.25, 0.3) is 0 Å². The molecule has 22 heavy (non-hydrogen) atoms. The van der Waals surface area contributed by atoms with Crippen molar-refractivity contribution in [2.45, 2.75) is 5.51 Å². The molecule has 0 heterocycles. The van der Waals surface area contributed by atoms with Crippen LogP contribution in [0.4, 0.5) is 13.2 Å². The lowest BCUT2D eigenvalue weighted by Gasteiger charge is -2.13. The molecule has 2 N–H and O–H groups in total. The van der Waals surface area contributed by atoms with E-state index in [0.29, 0.717) is 6.07 Å². The van der Waals surface area contributed by atoms with Crippen molar-refractivity contribution in [1.82, 2.24) is 0 Å². The first kappa shape index (κ1) is 16.0. The van der Waals surface area contributed by atoms with E-state index < -0.39 is 32.9 Å². The number of ether oxygens (including phenoxy) is 1. The fourth-order valence-corrected chi connectivity index (χ4v) is 2.17. The molecule has 0 saturated carbocycles. The molecule has 0 aliphatic heterocycles. The van der Waals surface area contributed by atoms with Crippen molar-refractivity contribution in [1.29, 1.82) is 0 Å². The molecule has 0 amide bonds. The van der Waals surface area contributed by atoms with Crippen LogP contribution >= 0.6 is 0 Å². The molecule has 2 aromatic carbocycles. The van der Waals surface area contributed by atoms with Crippen LogP contribution in [-0.4, -0.2) is 31.2 Å². The average Bonchev–Trinajstić information content (AvgIpc) is 2.42. The molecule has 0 aliphatic rings. The first-order valence-corrected chi connectivity index (χ1v) is 7.01. The Balaban J connectivity index is 2.68. The summed E-state index contributed by atoms with van der Waals surface area (Å²) in [6, 6.07) is 4.30. The minimum absolute atomic E-state index is 0.133. The first-order valence-electron chi connectivity index (χ1n) is 5.60. The predicted octanol–water partition coefficient (Wildman–Crippen LogP) is 2.49. The number of hydrogen-bond acceptors (Lipinski definition) is 6. The second-order valence-corrected chi connectivity index (χ2v) is 5.67. The molecule has 2 aromatic rings. The zero-order chi connectivity index (χ0) is 16.7. The average molecular weight is 338 g/mol. The van der Waals surface area contributed by atoms with Crippen molar-refractivity contribution in [3.8, 4) is 23.0 Å². The van der Waals surface area contributed by atoms with Crippen LogP contribution in [0.2, 0.25) is 0 Å². The van der Waals surface area contributed by atoms with Crippen LogP contribution in [0.25, 0.3) is 10.8 Å². The maximum Gasteiger partial charge on any atom is 0.534 e. The van der Waals surface area contributed by atoms with E-state index in [-0.39, 0.29) is 16.5 Å². The lowest BCUT2D eigenvalue weighted by Crippen LogP contribution is -2.28. The van der Waals surface area contributed by atoms with Gasteiger partial charge in [-0.15, -0.1) is 0 Å². The normalized spacial score (nSPS) is 12.4. The van der Waals surface area contributed by atoms with E-state index in [1.165, 1.54) is 25.3 Å². The number of alkyl halides is 3. The van der Waals surface area contributed by atoms with Crippen LogP contribution in [0.15, 0.2) is 24.3 Å². The SMILES string of the molecule is COc1ccc2c(OS(=O)(=O)C(F)(F)F)cc(O)c(O)c2c1. The van der Waals surface area contributed by atoms with E-state index in [9.17, 15) is 31.8 Å². The monoisotopic (exact) mass is 338 g/mol. The molecule has 0 fully saturated rings. The van der Waals surface area contributed by atoms with Gasteiger partial charge in [0.05, 0.1) is 7.11 Å². The number of fused-ring (bicyclic) bond motifs is 1. The lowest BCUT2D eigenvalue weighted by molar-refractivity contribution is -0.0499. The van der Waals surface area contributed by atoms with Gasteiger partial charge in [0, 0.05) is 16.8 Å². The Hall–Kier alpha value is -2.36. The summed E-state index contributed by atoms with van der Waals surface area (Å²) in [5, 5.41) is 19.0. The van der Waals surface area contributed by atoms with Crippen LogP contribution in [0.3, 0.4) is 0 Å². The number of halogens is 3. The minimum atomic E-state index is -5.91. The van der Waals surface area contributed by atoms with Crippen molar-refractivity contribution in [3.05, 3.63) is 24.3 Å². The molecule has 0 atom stereocenters. The third-order valence-corrected chi connectivity index (χ3v) is 3.71. The number of rotatable bonds is 3. The molecule has 0 unspecified atom stereocenters. The topological polar surface area (TPSA) is 93.1 Å². The number of phenols is 2. The molecule has 0 aliphatic carbocycles. The van der Waals surface area contributed by atoms with Crippen molar-refractivity contribution in [2.24, 2.45) is 0 Å². The van der Waals surface area contributed by atoms with Crippen LogP contribution in [0, 0.1) is 0 Å².